The molecule has 0 aromatic carbocycles. The van der Waals surface area contributed by atoms with Crippen LogP contribution in [0, 0.1) is 6.92 Å². The van der Waals surface area contributed by atoms with Crippen molar-refractivity contribution in [1.82, 2.24) is 9.97 Å². The zero-order valence-electron chi connectivity index (χ0n) is 12.2. The van der Waals surface area contributed by atoms with Gasteiger partial charge in [0.05, 0.1) is 0 Å². The number of anilines is 2. The van der Waals surface area contributed by atoms with Gasteiger partial charge in [-0.3, -0.25) is 4.79 Å². The van der Waals surface area contributed by atoms with Gasteiger partial charge >= 0.3 is 0 Å². The number of hydrogen-bond acceptors (Lipinski definition) is 5. The third kappa shape index (κ3) is 3.22. The summed E-state index contributed by atoms with van der Waals surface area (Å²) in [6.45, 7) is 7.71. The van der Waals surface area contributed by atoms with Crippen LogP contribution in [0.5, 0.6) is 0 Å². The highest BCUT2D eigenvalue weighted by Crippen LogP contribution is 2.21. The lowest BCUT2D eigenvalue weighted by molar-refractivity contribution is -0.119. The number of Topliss-reactive ketones (excluding diaryl/α,β-unsaturated/α-hetero) is 1. The molecule has 1 saturated heterocycles. The SMILES string of the molecule is Cc1nc(N2CCC(=O)CC2)cc(N(C)C(C)C)n1. The molecule has 5 heteroatoms. The highest BCUT2D eigenvalue weighted by atomic mass is 16.1. The van der Waals surface area contributed by atoms with E-state index in [2.05, 4.69) is 33.6 Å². The van der Waals surface area contributed by atoms with Crippen molar-refractivity contribution in [2.24, 2.45) is 0 Å². The largest absolute Gasteiger partial charge is 0.357 e. The molecule has 1 aromatic rings. The number of ketones is 1. The Labute approximate surface area is 114 Å². The van der Waals surface area contributed by atoms with Gasteiger partial charge in [-0.2, -0.15) is 0 Å². The maximum Gasteiger partial charge on any atom is 0.136 e. The lowest BCUT2D eigenvalue weighted by Crippen LogP contribution is -2.35. The molecular weight excluding hydrogens is 240 g/mol. The summed E-state index contributed by atoms with van der Waals surface area (Å²) >= 11 is 0. The maximum absolute atomic E-state index is 11.3. The van der Waals surface area contributed by atoms with Gasteiger partial charge in [-0.15, -0.1) is 0 Å². The Balaban J connectivity index is 2.23. The second kappa shape index (κ2) is 5.55. The van der Waals surface area contributed by atoms with E-state index < -0.39 is 0 Å². The molecule has 1 aliphatic rings. The minimum atomic E-state index is 0.349. The number of hydrogen-bond donors (Lipinski definition) is 0. The molecule has 2 heterocycles. The lowest BCUT2D eigenvalue weighted by atomic mass is 10.1. The Morgan fingerprint density at radius 3 is 2.47 bits per heavy atom. The first kappa shape index (κ1) is 13.8. The second-order valence-corrected chi connectivity index (χ2v) is 5.36. The van der Waals surface area contributed by atoms with E-state index in [1.807, 2.05) is 20.0 Å². The van der Waals surface area contributed by atoms with E-state index in [4.69, 9.17) is 0 Å². The van der Waals surface area contributed by atoms with Crippen molar-refractivity contribution in [2.75, 3.05) is 29.9 Å². The molecule has 19 heavy (non-hydrogen) atoms. The first-order valence-corrected chi connectivity index (χ1v) is 6.82. The molecule has 0 N–H and O–H groups in total. The quantitative estimate of drug-likeness (QED) is 0.831. The summed E-state index contributed by atoms with van der Waals surface area (Å²) in [5.41, 5.74) is 0. The van der Waals surface area contributed by atoms with Crippen molar-refractivity contribution in [3.63, 3.8) is 0 Å². The number of carbonyl (C=O) groups is 1. The predicted molar refractivity (Wildman–Crippen MR) is 76.8 cm³/mol. The summed E-state index contributed by atoms with van der Waals surface area (Å²) in [5, 5.41) is 0. The number of aromatic nitrogens is 2. The van der Waals surface area contributed by atoms with Crippen LogP contribution in [-0.4, -0.2) is 41.9 Å². The highest BCUT2D eigenvalue weighted by Gasteiger charge is 2.19. The fourth-order valence-corrected chi connectivity index (χ4v) is 2.13. The third-order valence-corrected chi connectivity index (χ3v) is 3.59. The van der Waals surface area contributed by atoms with Crippen LogP contribution in [0.15, 0.2) is 6.07 Å². The van der Waals surface area contributed by atoms with Gasteiger partial charge in [0, 0.05) is 45.1 Å². The summed E-state index contributed by atoms with van der Waals surface area (Å²) in [4.78, 5) is 24.6. The molecule has 0 spiro atoms. The summed E-state index contributed by atoms with van der Waals surface area (Å²) < 4.78 is 0. The molecular formula is C14H22N4O. The van der Waals surface area contributed by atoms with Crippen LogP contribution in [0.1, 0.15) is 32.5 Å². The first-order valence-electron chi connectivity index (χ1n) is 6.82. The molecule has 5 nitrogen and oxygen atoms in total. The van der Waals surface area contributed by atoms with Crippen molar-refractivity contribution >= 4 is 17.4 Å². The fourth-order valence-electron chi connectivity index (χ4n) is 2.13. The van der Waals surface area contributed by atoms with Gasteiger partial charge in [0.15, 0.2) is 0 Å². The normalized spacial score (nSPS) is 16.1. The van der Waals surface area contributed by atoms with Crippen LogP contribution < -0.4 is 9.80 Å². The average Bonchev–Trinajstić information content (AvgIpc) is 2.37. The Morgan fingerprint density at radius 1 is 1.26 bits per heavy atom. The molecule has 0 aliphatic carbocycles. The van der Waals surface area contributed by atoms with Gasteiger partial charge in [-0.1, -0.05) is 0 Å². The van der Waals surface area contributed by atoms with E-state index in [0.29, 0.717) is 24.7 Å². The summed E-state index contributed by atoms with van der Waals surface area (Å²) in [6, 6.07) is 2.41. The summed E-state index contributed by atoms with van der Waals surface area (Å²) in [6.07, 6.45) is 1.25. The van der Waals surface area contributed by atoms with Gasteiger partial charge in [0.2, 0.25) is 0 Å². The van der Waals surface area contributed by atoms with E-state index in [1.165, 1.54) is 0 Å². The van der Waals surface area contributed by atoms with Crippen LogP contribution in [0.2, 0.25) is 0 Å². The summed E-state index contributed by atoms with van der Waals surface area (Å²) in [5.74, 6) is 3.00. The zero-order valence-corrected chi connectivity index (χ0v) is 12.2. The topological polar surface area (TPSA) is 49.3 Å². The number of carbonyl (C=O) groups excluding carboxylic acids is 1. The predicted octanol–water partition coefficient (Wildman–Crippen LogP) is 1.80. The van der Waals surface area contributed by atoms with E-state index in [9.17, 15) is 4.79 Å². The molecule has 1 aromatic heterocycles. The van der Waals surface area contributed by atoms with Crippen LogP contribution in [0.4, 0.5) is 11.6 Å². The molecule has 0 saturated carbocycles. The average molecular weight is 262 g/mol. The molecule has 0 bridgehead atoms. The van der Waals surface area contributed by atoms with Crippen LogP contribution in [0.3, 0.4) is 0 Å². The maximum atomic E-state index is 11.3. The lowest BCUT2D eigenvalue weighted by Gasteiger charge is -2.29. The zero-order chi connectivity index (χ0) is 14.0. The molecule has 0 atom stereocenters. The van der Waals surface area contributed by atoms with E-state index in [0.717, 1.165) is 30.5 Å². The molecule has 104 valence electrons. The van der Waals surface area contributed by atoms with Gasteiger partial charge in [-0.25, -0.2) is 9.97 Å². The van der Waals surface area contributed by atoms with E-state index in [1.54, 1.807) is 0 Å². The monoisotopic (exact) mass is 262 g/mol. The van der Waals surface area contributed by atoms with Crippen LogP contribution in [0.25, 0.3) is 0 Å². The Bertz CT molecular complexity index is 463. The highest BCUT2D eigenvalue weighted by molar-refractivity contribution is 5.80. The van der Waals surface area contributed by atoms with Crippen molar-refractivity contribution in [3.05, 3.63) is 11.9 Å². The van der Waals surface area contributed by atoms with Crippen LogP contribution >= 0.6 is 0 Å². The Kier molecular flexibility index (Phi) is 4.02. The smallest absolute Gasteiger partial charge is 0.136 e. The first-order chi connectivity index (χ1) is 8.97. The van der Waals surface area contributed by atoms with E-state index >= 15 is 0 Å². The third-order valence-electron chi connectivity index (χ3n) is 3.59. The van der Waals surface area contributed by atoms with Gasteiger partial charge in [0.1, 0.15) is 23.2 Å². The summed E-state index contributed by atoms with van der Waals surface area (Å²) in [7, 11) is 2.04. The van der Waals surface area contributed by atoms with Crippen LogP contribution in [-0.2, 0) is 4.79 Å². The van der Waals surface area contributed by atoms with Gasteiger partial charge < -0.3 is 9.80 Å². The Hall–Kier alpha value is -1.65. The number of aryl methyl sites for hydroxylation is 1. The minimum absolute atomic E-state index is 0.349. The van der Waals surface area contributed by atoms with Gasteiger partial charge in [-0.05, 0) is 20.8 Å². The molecule has 1 aliphatic heterocycles. The molecule has 1 fully saturated rings. The minimum Gasteiger partial charge on any atom is -0.357 e. The number of rotatable bonds is 3. The Morgan fingerprint density at radius 2 is 1.89 bits per heavy atom. The van der Waals surface area contributed by atoms with Crippen molar-refractivity contribution in [3.8, 4) is 0 Å². The second-order valence-electron chi connectivity index (χ2n) is 5.36. The van der Waals surface area contributed by atoms with Gasteiger partial charge in [0.25, 0.3) is 0 Å². The van der Waals surface area contributed by atoms with Crippen molar-refractivity contribution < 1.29 is 4.79 Å². The molecule has 0 radical (unpaired) electrons. The van der Waals surface area contributed by atoms with E-state index in [-0.39, 0.29) is 0 Å². The molecule has 2 rings (SSSR count). The number of piperidine rings is 1. The van der Waals surface area contributed by atoms with Crippen molar-refractivity contribution in [1.29, 1.82) is 0 Å². The molecule has 0 amide bonds. The molecule has 0 unspecified atom stereocenters. The number of nitrogens with zero attached hydrogens (tertiary/aromatic N) is 4. The fraction of sp³-hybridized carbons (Fsp3) is 0.643. The standard InChI is InChI=1S/C14H22N4O/c1-10(2)17(4)13-9-14(16-11(3)15-13)18-7-5-12(19)6-8-18/h9-10H,5-8H2,1-4H3. The van der Waals surface area contributed by atoms with Crippen molar-refractivity contribution in [2.45, 2.75) is 39.7 Å².